The molecule has 2 rings (SSSR count). The minimum atomic E-state index is -0.337. The van der Waals surface area contributed by atoms with Crippen LogP contribution >= 0.6 is 11.6 Å². The minimum Gasteiger partial charge on any atom is -0.277 e. The Morgan fingerprint density at radius 2 is 1.82 bits per heavy atom. The molecule has 0 bridgehead atoms. The van der Waals surface area contributed by atoms with Gasteiger partial charge in [-0.1, -0.05) is 41.9 Å². The molecule has 0 spiro atoms. The van der Waals surface area contributed by atoms with Gasteiger partial charge >= 0.3 is 0 Å². The summed E-state index contributed by atoms with van der Waals surface area (Å²) in [5, 5.41) is 4.19. The molecular weight excluding hydrogens is 239 g/mol. The third-order valence-corrected chi connectivity index (χ3v) is 2.42. The number of hydrogen-bond acceptors (Lipinski definition) is 2. The van der Waals surface area contributed by atoms with Crippen LogP contribution in [0.2, 0.25) is 0 Å². The fraction of sp³-hybridized carbons (Fsp3) is 0. The molecule has 0 aliphatic rings. The average Bonchev–Trinajstić information content (AvgIpc) is 2.37. The summed E-state index contributed by atoms with van der Waals surface area (Å²) >= 11 is 5.95. The zero-order valence-corrected chi connectivity index (χ0v) is 9.66. The fourth-order valence-electron chi connectivity index (χ4n) is 1.31. The molecule has 0 atom stereocenters. The molecule has 0 unspecified atom stereocenters. The van der Waals surface area contributed by atoms with Crippen LogP contribution in [-0.2, 0) is 0 Å². The van der Waals surface area contributed by atoms with E-state index in [1.54, 1.807) is 12.1 Å². The monoisotopic (exact) mass is 248 g/mol. The van der Waals surface area contributed by atoms with Crippen LogP contribution < -0.4 is 5.43 Å². The number of rotatable bonds is 3. The second-order valence-electron chi connectivity index (χ2n) is 3.39. The van der Waals surface area contributed by atoms with E-state index in [2.05, 4.69) is 10.5 Å². The molecule has 4 heteroatoms. The Hall–Kier alpha value is -1.87. The van der Waals surface area contributed by atoms with Crippen LogP contribution in [0.15, 0.2) is 59.7 Å². The molecule has 0 aliphatic carbocycles. The first-order chi connectivity index (χ1) is 8.25. The van der Waals surface area contributed by atoms with Crippen LogP contribution in [0.25, 0.3) is 0 Å². The van der Waals surface area contributed by atoms with Crippen LogP contribution in [0, 0.1) is 5.82 Å². The summed E-state index contributed by atoms with van der Waals surface area (Å²) in [5.74, 6) is -0.337. The van der Waals surface area contributed by atoms with Crippen molar-refractivity contribution in [3.8, 4) is 0 Å². The topological polar surface area (TPSA) is 24.4 Å². The standard InChI is InChI=1S/C13H10ClFN2/c14-13(10-5-4-6-11(15)9-10)17-16-12-7-2-1-3-8-12/h1-9,16H/b17-13-. The summed E-state index contributed by atoms with van der Waals surface area (Å²) in [7, 11) is 0. The SMILES string of the molecule is Fc1cccc(/C(Cl)=N/Nc2ccccc2)c1. The van der Waals surface area contributed by atoms with Gasteiger partial charge in [0.05, 0.1) is 5.69 Å². The highest BCUT2D eigenvalue weighted by Crippen LogP contribution is 2.10. The molecule has 0 aliphatic heterocycles. The predicted molar refractivity (Wildman–Crippen MR) is 68.9 cm³/mol. The molecule has 0 fully saturated rings. The van der Waals surface area contributed by atoms with Gasteiger partial charge in [-0.05, 0) is 24.3 Å². The van der Waals surface area contributed by atoms with Crippen LogP contribution in [0.1, 0.15) is 5.56 Å². The van der Waals surface area contributed by atoms with E-state index in [4.69, 9.17) is 11.6 Å². The zero-order chi connectivity index (χ0) is 12.1. The van der Waals surface area contributed by atoms with Crippen molar-refractivity contribution in [3.05, 3.63) is 66.0 Å². The Labute approximate surface area is 104 Å². The van der Waals surface area contributed by atoms with E-state index in [1.807, 2.05) is 30.3 Å². The Balaban J connectivity index is 2.12. The minimum absolute atomic E-state index is 0.216. The number of para-hydroxylation sites is 1. The molecule has 1 N–H and O–H groups in total. The van der Waals surface area contributed by atoms with Crippen LogP contribution in [0.4, 0.5) is 10.1 Å². The highest BCUT2D eigenvalue weighted by atomic mass is 35.5. The van der Waals surface area contributed by atoms with E-state index in [0.717, 1.165) is 5.69 Å². The second kappa shape index (κ2) is 5.46. The third kappa shape index (κ3) is 3.29. The number of nitrogens with one attached hydrogen (secondary N) is 1. The summed E-state index contributed by atoms with van der Waals surface area (Å²) in [4.78, 5) is 0. The Kier molecular flexibility index (Phi) is 3.73. The van der Waals surface area contributed by atoms with Crippen LogP contribution in [0.5, 0.6) is 0 Å². The van der Waals surface area contributed by atoms with Gasteiger partial charge < -0.3 is 0 Å². The van der Waals surface area contributed by atoms with Crippen molar-refractivity contribution in [2.45, 2.75) is 0 Å². The molecule has 2 aromatic rings. The molecule has 0 aromatic heterocycles. The highest BCUT2D eigenvalue weighted by Gasteiger charge is 2.00. The summed E-state index contributed by atoms with van der Waals surface area (Å²) in [6, 6.07) is 15.4. The van der Waals surface area contributed by atoms with E-state index in [-0.39, 0.29) is 11.0 Å². The van der Waals surface area contributed by atoms with Crippen molar-refractivity contribution in [1.82, 2.24) is 0 Å². The van der Waals surface area contributed by atoms with Gasteiger partial charge in [0.25, 0.3) is 0 Å². The predicted octanol–water partition coefficient (Wildman–Crippen LogP) is 3.84. The first kappa shape index (κ1) is 11.6. The maximum Gasteiger partial charge on any atom is 0.156 e. The molecule has 86 valence electrons. The lowest BCUT2D eigenvalue weighted by atomic mass is 10.2. The van der Waals surface area contributed by atoms with Gasteiger partial charge in [0, 0.05) is 5.56 Å². The van der Waals surface area contributed by atoms with Gasteiger partial charge in [0.1, 0.15) is 5.82 Å². The Morgan fingerprint density at radius 3 is 2.53 bits per heavy atom. The van der Waals surface area contributed by atoms with Crippen molar-refractivity contribution in [2.24, 2.45) is 5.10 Å². The van der Waals surface area contributed by atoms with Crippen molar-refractivity contribution in [3.63, 3.8) is 0 Å². The first-order valence-corrected chi connectivity index (χ1v) is 5.44. The van der Waals surface area contributed by atoms with Crippen LogP contribution in [-0.4, -0.2) is 5.17 Å². The zero-order valence-electron chi connectivity index (χ0n) is 8.90. The van der Waals surface area contributed by atoms with Gasteiger partial charge in [-0.2, -0.15) is 5.10 Å². The van der Waals surface area contributed by atoms with Gasteiger partial charge in [-0.15, -0.1) is 0 Å². The van der Waals surface area contributed by atoms with Gasteiger partial charge in [-0.25, -0.2) is 4.39 Å². The summed E-state index contributed by atoms with van der Waals surface area (Å²) in [5.41, 5.74) is 4.15. The van der Waals surface area contributed by atoms with Crippen LogP contribution in [0.3, 0.4) is 0 Å². The summed E-state index contributed by atoms with van der Waals surface area (Å²) in [6.07, 6.45) is 0. The normalized spacial score (nSPS) is 11.3. The largest absolute Gasteiger partial charge is 0.277 e. The molecule has 0 heterocycles. The number of anilines is 1. The number of hydrogen-bond donors (Lipinski definition) is 1. The molecular formula is C13H10ClFN2. The van der Waals surface area contributed by atoms with E-state index >= 15 is 0 Å². The number of nitrogens with zero attached hydrogens (tertiary/aromatic N) is 1. The highest BCUT2D eigenvalue weighted by molar-refractivity contribution is 6.69. The second-order valence-corrected chi connectivity index (χ2v) is 3.75. The molecule has 2 aromatic carbocycles. The average molecular weight is 249 g/mol. The summed E-state index contributed by atoms with van der Waals surface area (Å²) in [6.45, 7) is 0. The maximum absolute atomic E-state index is 13.0. The quantitative estimate of drug-likeness (QED) is 0.648. The molecule has 0 amide bonds. The number of halogens is 2. The molecule has 17 heavy (non-hydrogen) atoms. The van der Waals surface area contributed by atoms with E-state index in [1.165, 1.54) is 12.1 Å². The maximum atomic E-state index is 13.0. The van der Waals surface area contributed by atoms with E-state index in [9.17, 15) is 4.39 Å². The van der Waals surface area contributed by atoms with Crippen molar-refractivity contribution in [1.29, 1.82) is 0 Å². The summed E-state index contributed by atoms with van der Waals surface area (Å²) < 4.78 is 13.0. The Morgan fingerprint density at radius 1 is 1.06 bits per heavy atom. The van der Waals surface area contributed by atoms with Crippen molar-refractivity contribution in [2.75, 3.05) is 5.43 Å². The number of hydrazone groups is 1. The lowest BCUT2D eigenvalue weighted by Gasteiger charge is -2.01. The van der Waals surface area contributed by atoms with Gasteiger partial charge in [0.15, 0.2) is 5.17 Å². The van der Waals surface area contributed by atoms with E-state index < -0.39 is 0 Å². The molecule has 2 nitrogen and oxygen atoms in total. The van der Waals surface area contributed by atoms with Crippen molar-refractivity contribution < 1.29 is 4.39 Å². The van der Waals surface area contributed by atoms with Crippen molar-refractivity contribution >= 4 is 22.5 Å². The smallest absolute Gasteiger partial charge is 0.156 e. The lowest BCUT2D eigenvalue weighted by molar-refractivity contribution is 0.627. The number of benzene rings is 2. The third-order valence-electron chi connectivity index (χ3n) is 2.12. The molecule has 0 saturated carbocycles. The Bertz CT molecular complexity index is 526. The van der Waals surface area contributed by atoms with Gasteiger partial charge in [0.2, 0.25) is 0 Å². The lowest BCUT2D eigenvalue weighted by Crippen LogP contribution is -1.97. The van der Waals surface area contributed by atoms with E-state index in [0.29, 0.717) is 5.56 Å². The van der Waals surface area contributed by atoms with Gasteiger partial charge in [-0.3, -0.25) is 5.43 Å². The first-order valence-electron chi connectivity index (χ1n) is 5.06. The molecule has 0 radical (unpaired) electrons. The molecule has 0 saturated heterocycles. The fourth-order valence-corrected chi connectivity index (χ4v) is 1.47.